The largest absolute Gasteiger partial charge is 0.480 e. The van der Waals surface area contributed by atoms with Crippen LogP contribution in [0.2, 0.25) is 0 Å². The summed E-state index contributed by atoms with van der Waals surface area (Å²) in [5, 5.41) is 14.8. The molecule has 0 spiro atoms. The van der Waals surface area contributed by atoms with Crippen LogP contribution in [0, 0.1) is 17.8 Å². The Morgan fingerprint density at radius 3 is 2.21 bits per heavy atom. The van der Waals surface area contributed by atoms with E-state index in [2.05, 4.69) is 10.6 Å². The molecule has 138 valence electrons. The predicted molar refractivity (Wildman–Crippen MR) is 91.1 cm³/mol. The Morgan fingerprint density at radius 1 is 1.17 bits per heavy atom. The molecule has 7 heteroatoms. The van der Waals surface area contributed by atoms with Crippen molar-refractivity contribution < 1.29 is 19.5 Å². The standard InChI is InChI=1S/C17H31N3O4/c1-4-10(2)14(17(23)24)20-16(22)13-7-5-12(6-8-13)9-19-15(21)11(3)18/h10-14H,4-9,18H2,1-3H3,(H,19,21)(H,20,22)(H,23,24). The van der Waals surface area contributed by atoms with Crippen molar-refractivity contribution in [2.45, 2.75) is 65.0 Å². The fraction of sp³-hybridized carbons (Fsp3) is 0.824. The number of carbonyl (C=O) groups is 3. The van der Waals surface area contributed by atoms with Crippen molar-refractivity contribution in [1.82, 2.24) is 10.6 Å². The van der Waals surface area contributed by atoms with Crippen molar-refractivity contribution >= 4 is 17.8 Å². The molecular formula is C17H31N3O4. The molecule has 0 aromatic heterocycles. The van der Waals surface area contributed by atoms with Crippen molar-refractivity contribution in [2.24, 2.45) is 23.5 Å². The number of rotatable bonds is 8. The predicted octanol–water partition coefficient (Wildman–Crippen LogP) is 0.872. The van der Waals surface area contributed by atoms with Gasteiger partial charge in [-0.05, 0) is 44.4 Å². The molecule has 24 heavy (non-hydrogen) atoms. The highest BCUT2D eigenvalue weighted by Gasteiger charge is 2.31. The zero-order valence-corrected chi connectivity index (χ0v) is 14.9. The van der Waals surface area contributed by atoms with E-state index >= 15 is 0 Å². The molecule has 0 heterocycles. The summed E-state index contributed by atoms with van der Waals surface area (Å²) in [6, 6.07) is -1.34. The average Bonchev–Trinajstić information content (AvgIpc) is 2.56. The minimum atomic E-state index is -0.981. The van der Waals surface area contributed by atoms with Gasteiger partial charge in [-0.1, -0.05) is 20.3 Å². The summed E-state index contributed by atoms with van der Waals surface area (Å²) in [6.07, 6.45) is 3.83. The van der Waals surface area contributed by atoms with Gasteiger partial charge in [-0.3, -0.25) is 9.59 Å². The number of carboxylic acid groups (broad SMARTS) is 1. The highest BCUT2D eigenvalue weighted by Crippen LogP contribution is 2.28. The van der Waals surface area contributed by atoms with Gasteiger partial charge >= 0.3 is 5.97 Å². The van der Waals surface area contributed by atoms with Crippen LogP contribution < -0.4 is 16.4 Å². The van der Waals surface area contributed by atoms with E-state index in [1.54, 1.807) is 6.92 Å². The second-order valence-corrected chi connectivity index (χ2v) is 6.96. The van der Waals surface area contributed by atoms with Gasteiger partial charge in [-0.15, -0.1) is 0 Å². The molecule has 2 amide bonds. The van der Waals surface area contributed by atoms with E-state index in [9.17, 15) is 19.5 Å². The second-order valence-electron chi connectivity index (χ2n) is 6.96. The normalized spacial score (nSPS) is 24.5. The van der Waals surface area contributed by atoms with Crippen LogP contribution in [0.1, 0.15) is 52.9 Å². The van der Waals surface area contributed by atoms with E-state index < -0.39 is 18.1 Å². The van der Waals surface area contributed by atoms with Crippen LogP contribution in [-0.2, 0) is 14.4 Å². The number of carbonyl (C=O) groups excluding carboxylic acids is 2. The van der Waals surface area contributed by atoms with Crippen molar-refractivity contribution in [3.05, 3.63) is 0 Å². The maximum atomic E-state index is 12.3. The van der Waals surface area contributed by atoms with E-state index in [4.69, 9.17) is 5.73 Å². The number of amides is 2. The van der Waals surface area contributed by atoms with Crippen LogP contribution in [0.4, 0.5) is 0 Å². The molecule has 1 rings (SSSR count). The van der Waals surface area contributed by atoms with Gasteiger partial charge in [0.05, 0.1) is 6.04 Å². The van der Waals surface area contributed by atoms with Crippen molar-refractivity contribution in [3.63, 3.8) is 0 Å². The third kappa shape index (κ3) is 6.11. The molecule has 7 nitrogen and oxygen atoms in total. The smallest absolute Gasteiger partial charge is 0.326 e. The van der Waals surface area contributed by atoms with Gasteiger partial charge in [-0.25, -0.2) is 4.79 Å². The number of nitrogens with one attached hydrogen (secondary N) is 2. The molecule has 0 radical (unpaired) electrons. The fourth-order valence-corrected chi connectivity index (χ4v) is 2.99. The summed E-state index contributed by atoms with van der Waals surface area (Å²) in [5.74, 6) is -1.20. The Morgan fingerprint density at radius 2 is 1.75 bits per heavy atom. The van der Waals surface area contributed by atoms with Gasteiger partial charge in [0.2, 0.25) is 11.8 Å². The molecule has 1 aliphatic rings. The number of aliphatic carboxylic acids is 1. The minimum absolute atomic E-state index is 0.101. The Labute approximate surface area is 143 Å². The lowest BCUT2D eigenvalue weighted by Crippen LogP contribution is -2.48. The van der Waals surface area contributed by atoms with E-state index in [0.717, 1.165) is 25.7 Å². The van der Waals surface area contributed by atoms with Crippen molar-refractivity contribution in [2.75, 3.05) is 6.54 Å². The Bertz CT molecular complexity index is 445. The lowest BCUT2D eigenvalue weighted by molar-refractivity contribution is -0.144. The average molecular weight is 341 g/mol. The van der Waals surface area contributed by atoms with Crippen molar-refractivity contribution in [3.8, 4) is 0 Å². The zero-order valence-electron chi connectivity index (χ0n) is 14.9. The number of nitrogens with two attached hydrogens (primary N) is 1. The SMILES string of the molecule is CCC(C)C(NC(=O)C1CCC(CNC(=O)C(C)N)CC1)C(=O)O. The highest BCUT2D eigenvalue weighted by molar-refractivity contribution is 5.85. The van der Waals surface area contributed by atoms with Crippen molar-refractivity contribution in [1.29, 1.82) is 0 Å². The summed E-state index contributed by atoms with van der Waals surface area (Å²) < 4.78 is 0. The maximum Gasteiger partial charge on any atom is 0.326 e. The molecule has 5 N–H and O–H groups in total. The molecule has 0 bridgehead atoms. The molecule has 1 saturated carbocycles. The van der Waals surface area contributed by atoms with Gasteiger partial charge in [0.15, 0.2) is 0 Å². The zero-order chi connectivity index (χ0) is 18.3. The first-order chi connectivity index (χ1) is 11.3. The number of hydrogen-bond acceptors (Lipinski definition) is 4. The van der Waals surface area contributed by atoms with E-state index in [0.29, 0.717) is 18.9 Å². The van der Waals surface area contributed by atoms with Gasteiger partial charge in [0, 0.05) is 12.5 Å². The first-order valence-corrected chi connectivity index (χ1v) is 8.82. The van der Waals surface area contributed by atoms with Gasteiger partial charge in [0.25, 0.3) is 0 Å². The summed E-state index contributed by atoms with van der Waals surface area (Å²) >= 11 is 0. The molecular weight excluding hydrogens is 310 g/mol. The number of hydrogen-bond donors (Lipinski definition) is 4. The molecule has 3 unspecified atom stereocenters. The van der Waals surface area contributed by atoms with E-state index in [1.807, 2.05) is 13.8 Å². The monoisotopic (exact) mass is 341 g/mol. The van der Waals surface area contributed by atoms with Gasteiger partial charge in [-0.2, -0.15) is 0 Å². The minimum Gasteiger partial charge on any atom is -0.480 e. The summed E-state index contributed by atoms with van der Waals surface area (Å²) in [4.78, 5) is 35.1. The van der Waals surface area contributed by atoms with E-state index in [1.165, 1.54) is 0 Å². The highest BCUT2D eigenvalue weighted by atomic mass is 16.4. The molecule has 0 aliphatic heterocycles. The molecule has 1 aliphatic carbocycles. The second kappa shape index (κ2) is 9.61. The Hall–Kier alpha value is -1.63. The summed E-state index contributed by atoms with van der Waals surface area (Å²) in [5.41, 5.74) is 5.51. The molecule has 1 fully saturated rings. The third-order valence-electron chi connectivity index (χ3n) is 4.97. The lowest BCUT2D eigenvalue weighted by atomic mass is 9.81. The van der Waals surface area contributed by atoms with Crippen LogP contribution in [-0.4, -0.2) is 41.5 Å². The third-order valence-corrected chi connectivity index (χ3v) is 4.97. The van der Waals surface area contributed by atoms with Crippen LogP contribution in [0.25, 0.3) is 0 Å². The molecule has 0 saturated heterocycles. The fourth-order valence-electron chi connectivity index (χ4n) is 2.99. The van der Waals surface area contributed by atoms with Gasteiger partial charge in [0.1, 0.15) is 6.04 Å². The molecule has 3 atom stereocenters. The first-order valence-electron chi connectivity index (χ1n) is 8.82. The summed E-state index contributed by atoms with van der Waals surface area (Å²) in [6.45, 7) is 5.97. The number of carboxylic acids is 1. The topological polar surface area (TPSA) is 122 Å². The molecule has 0 aromatic rings. The van der Waals surface area contributed by atoms with Crippen LogP contribution in [0.5, 0.6) is 0 Å². The molecule has 0 aromatic carbocycles. The Balaban J connectivity index is 2.42. The van der Waals surface area contributed by atoms with Crippen LogP contribution >= 0.6 is 0 Å². The first kappa shape index (κ1) is 20.4. The summed E-state index contributed by atoms with van der Waals surface area (Å²) in [7, 11) is 0. The quantitative estimate of drug-likeness (QED) is 0.522. The van der Waals surface area contributed by atoms with Crippen LogP contribution in [0.15, 0.2) is 0 Å². The maximum absolute atomic E-state index is 12.3. The lowest BCUT2D eigenvalue weighted by Gasteiger charge is -2.29. The van der Waals surface area contributed by atoms with Crippen LogP contribution in [0.3, 0.4) is 0 Å². The van der Waals surface area contributed by atoms with Gasteiger partial charge < -0.3 is 21.5 Å². The Kier molecular flexibility index (Phi) is 8.18. The van der Waals surface area contributed by atoms with E-state index in [-0.39, 0.29) is 23.7 Å².